The molecule has 0 aromatic carbocycles. The van der Waals surface area contributed by atoms with Crippen LogP contribution in [-0.2, 0) is 13.5 Å². The standard InChI is InChI=1S/C11H20ClN3O/c1-7-9(10(12)15(4)14-7)5-11(3,6-13)8(2)16/h8,16H,5-6,13H2,1-4H3. The summed E-state index contributed by atoms with van der Waals surface area (Å²) in [5.41, 5.74) is 7.24. The van der Waals surface area contributed by atoms with E-state index < -0.39 is 6.10 Å². The van der Waals surface area contributed by atoms with Crippen LogP contribution in [0.3, 0.4) is 0 Å². The molecule has 1 heterocycles. The third kappa shape index (κ3) is 2.39. The summed E-state index contributed by atoms with van der Waals surface area (Å²) in [6.45, 7) is 6.04. The van der Waals surface area contributed by atoms with Gasteiger partial charge in [0.05, 0.1) is 11.8 Å². The van der Waals surface area contributed by atoms with Crippen LogP contribution in [-0.4, -0.2) is 27.5 Å². The van der Waals surface area contributed by atoms with Gasteiger partial charge in [-0.05, 0) is 20.3 Å². The average Bonchev–Trinajstić information content (AvgIpc) is 2.44. The molecule has 0 aliphatic carbocycles. The molecule has 1 rings (SSSR count). The zero-order chi connectivity index (χ0) is 12.5. The Bertz CT molecular complexity index is 376. The number of nitrogens with zero attached hydrogens (tertiary/aromatic N) is 2. The van der Waals surface area contributed by atoms with E-state index in [1.165, 1.54) is 0 Å². The molecule has 0 fully saturated rings. The van der Waals surface area contributed by atoms with Gasteiger partial charge in [-0.25, -0.2) is 0 Å². The minimum absolute atomic E-state index is 0.364. The molecule has 4 nitrogen and oxygen atoms in total. The lowest BCUT2D eigenvalue weighted by molar-refractivity contribution is 0.0588. The van der Waals surface area contributed by atoms with Gasteiger partial charge >= 0.3 is 0 Å². The molecule has 0 amide bonds. The molecule has 0 spiro atoms. The van der Waals surface area contributed by atoms with E-state index in [1.807, 2.05) is 13.8 Å². The molecule has 0 radical (unpaired) electrons. The zero-order valence-corrected chi connectivity index (χ0v) is 11.0. The molecule has 0 saturated carbocycles. The number of halogens is 1. The molecule has 2 unspecified atom stereocenters. The number of nitrogens with two attached hydrogens (primary N) is 1. The van der Waals surface area contributed by atoms with Gasteiger partial charge in [-0.3, -0.25) is 4.68 Å². The minimum Gasteiger partial charge on any atom is -0.393 e. The fourth-order valence-corrected chi connectivity index (χ4v) is 1.91. The molecule has 2 atom stereocenters. The first-order valence-electron chi connectivity index (χ1n) is 5.38. The molecule has 92 valence electrons. The molecule has 5 heteroatoms. The van der Waals surface area contributed by atoms with Gasteiger partial charge in [-0.2, -0.15) is 5.10 Å². The normalized spacial score (nSPS) is 17.2. The van der Waals surface area contributed by atoms with Crippen LogP contribution in [0.25, 0.3) is 0 Å². The Labute approximate surface area is 101 Å². The number of hydrogen-bond acceptors (Lipinski definition) is 3. The zero-order valence-electron chi connectivity index (χ0n) is 10.3. The summed E-state index contributed by atoms with van der Waals surface area (Å²) in [5.74, 6) is 0. The molecule has 0 aliphatic rings. The average molecular weight is 246 g/mol. The van der Waals surface area contributed by atoms with Crippen LogP contribution >= 0.6 is 11.6 Å². The highest BCUT2D eigenvalue weighted by Crippen LogP contribution is 2.30. The second-order valence-electron chi connectivity index (χ2n) is 4.69. The largest absolute Gasteiger partial charge is 0.393 e. The molecular weight excluding hydrogens is 226 g/mol. The van der Waals surface area contributed by atoms with Crippen LogP contribution in [0.5, 0.6) is 0 Å². The maximum Gasteiger partial charge on any atom is 0.130 e. The quantitative estimate of drug-likeness (QED) is 0.840. The summed E-state index contributed by atoms with van der Waals surface area (Å²) < 4.78 is 1.64. The van der Waals surface area contributed by atoms with Gasteiger partial charge < -0.3 is 10.8 Å². The lowest BCUT2D eigenvalue weighted by Gasteiger charge is -2.31. The molecule has 1 aromatic rings. The fraction of sp³-hybridized carbons (Fsp3) is 0.727. The summed E-state index contributed by atoms with van der Waals surface area (Å²) in [6, 6.07) is 0. The highest BCUT2D eigenvalue weighted by Gasteiger charge is 2.31. The molecule has 0 aliphatic heterocycles. The second kappa shape index (κ2) is 4.73. The van der Waals surface area contributed by atoms with E-state index in [-0.39, 0.29) is 5.41 Å². The van der Waals surface area contributed by atoms with Crippen molar-refractivity contribution in [1.82, 2.24) is 9.78 Å². The molecule has 1 aromatic heterocycles. The van der Waals surface area contributed by atoms with Crippen molar-refractivity contribution < 1.29 is 5.11 Å². The Kier molecular flexibility index (Phi) is 3.99. The summed E-state index contributed by atoms with van der Waals surface area (Å²) in [4.78, 5) is 0. The maximum atomic E-state index is 9.77. The first-order chi connectivity index (χ1) is 7.31. The van der Waals surface area contributed by atoms with Crippen molar-refractivity contribution >= 4 is 11.6 Å². The summed E-state index contributed by atoms with van der Waals surface area (Å²) >= 11 is 6.16. The lowest BCUT2D eigenvalue weighted by Crippen LogP contribution is -2.39. The lowest BCUT2D eigenvalue weighted by atomic mass is 9.79. The third-order valence-electron chi connectivity index (χ3n) is 3.33. The van der Waals surface area contributed by atoms with Gasteiger partial charge in [-0.1, -0.05) is 18.5 Å². The van der Waals surface area contributed by atoms with Gasteiger partial charge in [0.15, 0.2) is 0 Å². The number of aromatic nitrogens is 2. The van der Waals surface area contributed by atoms with Gasteiger partial charge in [0.2, 0.25) is 0 Å². The van der Waals surface area contributed by atoms with Gasteiger partial charge in [-0.15, -0.1) is 0 Å². The Morgan fingerprint density at radius 1 is 1.62 bits per heavy atom. The van der Waals surface area contributed by atoms with E-state index in [4.69, 9.17) is 17.3 Å². The van der Waals surface area contributed by atoms with Crippen LogP contribution in [0, 0.1) is 12.3 Å². The number of rotatable bonds is 4. The smallest absolute Gasteiger partial charge is 0.130 e. The van der Waals surface area contributed by atoms with Crippen molar-refractivity contribution in [2.24, 2.45) is 18.2 Å². The number of aliphatic hydroxyl groups excluding tert-OH is 1. The van der Waals surface area contributed by atoms with Crippen LogP contribution in [0.4, 0.5) is 0 Å². The van der Waals surface area contributed by atoms with Crippen LogP contribution < -0.4 is 5.73 Å². The molecule has 16 heavy (non-hydrogen) atoms. The van der Waals surface area contributed by atoms with Crippen molar-refractivity contribution in [2.45, 2.75) is 33.3 Å². The van der Waals surface area contributed by atoms with Crippen LogP contribution in [0.1, 0.15) is 25.1 Å². The van der Waals surface area contributed by atoms with E-state index in [1.54, 1.807) is 18.7 Å². The Morgan fingerprint density at radius 3 is 2.50 bits per heavy atom. The first kappa shape index (κ1) is 13.5. The molecule has 0 bridgehead atoms. The predicted molar refractivity (Wildman–Crippen MR) is 65.5 cm³/mol. The van der Waals surface area contributed by atoms with Gasteiger partial charge in [0.1, 0.15) is 5.15 Å². The predicted octanol–water partition coefficient (Wildman–Crippen LogP) is 1.27. The Morgan fingerprint density at radius 2 is 2.19 bits per heavy atom. The van der Waals surface area contributed by atoms with E-state index >= 15 is 0 Å². The van der Waals surface area contributed by atoms with E-state index in [0.717, 1.165) is 11.3 Å². The SMILES string of the molecule is Cc1nn(C)c(Cl)c1CC(C)(CN)C(C)O. The first-order valence-corrected chi connectivity index (χ1v) is 5.75. The van der Waals surface area contributed by atoms with E-state index in [0.29, 0.717) is 18.1 Å². The molecule has 0 saturated heterocycles. The van der Waals surface area contributed by atoms with Crippen molar-refractivity contribution in [2.75, 3.05) is 6.54 Å². The Hall–Kier alpha value is -0.580. The van der Waals surface area contributed by atoms with Crippen molar-refractivity contribution in [3.63, 3.8) is 0 Å². The van der Waals surface area contributed by atoms with Crippen molar-refractivity contribution in [3.8, 4) is 0 Å². The maximum absolute atomic E-state index is 9.77. The topological polar surface area (TPSA) is 64.1 Å². The highest BCUT2D eigenvalue weighted by molar-refractivity contribution is 6.30. The fourth-order valence-electron chi connectivity index (χ4n) is 1.67. The number of hydrogen-bond donors (Lipinski definition) is 2. The van der Waals surface area contributed by atoms with Crippen molar-refractivity contribution in [1.29, 1.82) is 0 Å². The summed E-state index contributed by atoms with van der Waals surface area (Å²) in [6.07, 6.45) is 0.160. The third-order valence-corrected chi connectivity index (χ3v) is 3.80. The van der Waals surface area contributed by atoms with E-state index in [2.05, 4.69) is 5.10 Å². The van der Waals surface area contributed by atoms with Gasteiger partial charge in [0, 0.05) is 24.6 Å². The molecule has 3 N–H and O–H groups in total. The van der Waals surface area contributed by atoms with Gasteiger partial charge in [0.25, 0.3) is 0 Å². The monoisotopic (exact) mass is 245 g/mol. The second-order valence-corrected chi connectivity index (χ2v) is 5.05. The number of aryl methyl sites for hydroxylation is 2. The van der Waals surface area contributed by atoms with Crippen LogP contribution in [0.2, 0.25) is 5.15 Å². The summed E-state index contributed by atoms with van der Waals surface area (Å²) in [7, 11) is 1.81. The highest BCUT2D eigenvalue weighted by atomic mass is 35.5. The van der Waals surface area contributed by atoms with Crippen LogP contribution in [0.15, 0.2) is 0 Å². The minimum atomic E-state index is -0.479. The van der Waals surface area contributed by atoms with E-state index in [9.17, 15) is 5.11 Å². The van der Waals surface area contributed by atoms with Crippen molar-refractivity contribution in [3.05, 3.63) is 16.4 Å². The summed E-state index contributed by atoms with van der Waals surface area (Å²) in [5, 5.41) is 14.6. The molecular formula is C11H20ClN3O. The Balaban J connectivity index is 3.03. The number of aliphatic hydroxyl groups is 1.